The number of esters is 3. The van der Waals surface area contributed by atoms with Crippen LogP contribution in [0.2, 0.25) is 4.47 Å². The van der Waals surface area contributed by atoms with Crippen LogP contribution in [0.25, 0.3) is 0 Å². The van der Waals surface area contributed by atoms with Crippen molar-refractivity contribution in [2.75, 3.05) is 19.8 Å². The van der Waals surface area contributed by atoms with Gasteiger partial charge in [0.25, 0.3) is 0 Å². The van der Waals surface area contributed by atoms with Gasteiger partial charge >= 0.3 is 169 Å². The molecule has 1 aromatic rings. The van der Waals surface area contributed by atoms with Gasteiger partial charge in [-0.15, -0.1) is 0 Å². The quantitative estimate of drug-likeness (QED) is 0.227. The molecule has 8 nitrogen and oxygen atoms in total. The van der Waals surface area contributed by atoms with Gasteiger partial charge in [-0.05, 0) is 0 Å². The first-order chi connectivity index (χ1) is 12.9. The predicted molar refractivity (Wildman–Crippen MR) is 98.9 cm³/mol. The van der Waals surface area contributed by atoms with Crippen molar-refractivity contribution in [3.63, 3.8) is 0 Å². The van der Waals surface area contributed by atoms with E-state index in [4.69, 9.17) is 14.2 Å². The van der Waals surface area contributed by atoms with Gasteiger partial charge in [-0.25, -0.2) is 0 Å². The van der Waals surface area contributed by atoms with Crippen LogP contribution in [0.3, 0.4) is 0 Å². The first kappa shape index (κ1) is 23.2. The monoisotopic (exact) mass is 497 g/mol. The second kappa shape index (κ2) is 11.8. The normalized spacial score (nSPS) is 10.4. The molecule has 1 N–H and O–H groups in total. The van der Waals surface area contributed by atoms with Crippen molar-refractivity contribution >= 4 is 42.6 Å². The fraction of sp³-hybridized carbons (Fsp3) is 0.556. The Hall–Kier alpha value is -1.85. The van der Waals surface area contributed by atoms with E-state index in [0.717, 1.165) is 17.3 Å². The fourth-order valence-electron chi connectivity index (χ4n) is 2.12. The van der Waals surface area contributed by atoms with E-state index in [9.17, 15) is 19.5 Å². The summed E-state index contributed by atoms with van der Waals surface area (Å²) >= 11 is -0.977. The third-order valence-corrected chi connectivity index (χ3v) is 6.30. The minimum absolute atomic E-state index is 0.0244. The fourth-order valence-corrected chi connectivity index (χ4v) is 5.03. The zero-order valence-electron chi connectivity index (χ0n) is 16.0. The summed E-state index contributed by atoms with van der Waals surface area (Å²) in [6.45, 7) is 6.98. The Bertz CT molecular complexity index is 691. The van der Waals surface area contributed by atoms with E-state index in [1.807, 2.05) is 6.92 Å². The third kappa shape index (κ3) is 6.08. The first-order valence-electron chi connectivity index (χ1n) is 8.83. The predicted octanol–water partition coefficient (Wildman–Crippen LogP) is 1.87. The van der Waals surface area contributed by atoms with E-state index in [1.54, 1.807) is 20.8 Å². The van der Waals surface area contributed by atoms with Crippen LogP contribution in [0.4, 0.5) is 0 Å². The van der Waals surface area contributed by atoms with Gasteiger partial charge in [0.15, 0.2) is 0 Å². The number of carbonyl (C=O) groups is 3. The molecule has 0 unspecified atom stereocenters. The van der Waals surface area contributed by atoms with E-state index in [-0.39, 0.29) is 34.8 Å². The number of rotatable bonds is 10. The second-order valence-corrected chi connectivity index (χ2v) is 8.32. The summed E-state index contributed by atoms with van der Waals surface area (Å²) < 4.78 is 16.0. The van der Waals surface area contributed by atoms with Crippen LogP contribution in [0.15, 0.2) is 0 Å². The molecular weight excluding hydrogens is 470 g/mol. The molecule has 0 aromatic carbocycles. The average Bonchev–Trinajstić information content (AvgIpc) is 2.63. The Morgan fingerprint density at radius 3 is 1.93 bits per heavy atom. The maximum atomic E-state index is 12.5. The van der Waals surface area contributed by atoms with Gasteiger partial charge < -0.3 is 0 Å². The van der Waals surface area contributed by atoms with Crippen LogP contribution in [0.1, 0.15) is 71.7 Å². The van der Waals surface area contributed by atoms with Gasteiger partial charge in [0.1, 0.15) is 0 Å². The van der Waals surface area contributed by atoms with Crippen LogP contribution in [-0.4, -0.2) is 68.7 Å². The number of aromatic hydroxyl groups is 1. The van der Waals surface area contributed by atoms with Crippen molar-refractivity contribution in [1.29, 1.82) is 0 Å². The van der Waals surface area contributed by atoms with E-state index in [1.165, 1.54) is 0 Å². The molecule has 0 aliphatic carbocycles. The van der Waals surface area contributed by atoms with E-state index < -0.39 is 50.1 Å². The Morgan fingerprint density at radius 2 is 1.41 bits per heavy atom. The number of carbonyl (C=O) groups excluding carboxylic acids is 3. The Morgan fingerprint density at radius 1 is 0.889 bits per heavy atom. The molecule has 1 aromatic heterocycles. The summed E-state index contributed by atoms with van der Waals surface area (Å²) in [7, 11) is 0. The average molecular weight is 495 g/mol. The molecule has 0 amide bonds. The van der Waals surface area contributed by atoms with Crippen LogP contribution in [0, 0.1) is 0 Å². The standard InChI is InChI=1S/C18H25NO7Te/c1-5-9-10-27-15-14(20)12(17(22)25-7-3)11(16(21)24-6-2)13(19-15)18(23)26-8-4/h20H,5-10H2,1-4H3. The zero-order chi connectivity index (χ0) is 20.4. The number of nitrogens with zero attached hydrogens (tertiary/aromatic N) is 1. The van der Waals surface area contributed by atoms with Crippen molar-refractivity contribution in [2.45, 2.75) is 45.0 Å². The molecule has 1 heterocycles. The maximum absolute atomic E-state index is 12.5. The van der Waals surface area contributed by atoms with Gasteiger partial charge in [0.05, 0.1) is 0 Å². The van der Waals surface area contributed by atoms with Gasteiger partial charge in [0, 0.05) is 0 Å². The Labute approximate surface area is 168 Å². The van der Waals surface area contributed by atoms with Crippen LogP contribution in [0.5, 0.6) is 5.75 Å². The molecule has 0 spiro atoms. The van der Waals surface area contributed by atoms with Gasteiger partial charge in [-0.1, -0.05) is 0 Å². The van der Waals surface area contributed by atoms with Gasteiger partial charge in [-0.3, -0.25) is 0 Å². The molecule has 0 bridgehead atoms. The van der Waals surface area contributed by atoms with Crippen LogP contribution >= 0.6 is 0 Å². The molecule has 0 aliphatic rings. The van der Waals surface area contributed by atoms with E-state index in [2.05, 4.69) is 4.98 Å². The molecule has 0 aliphatic heterocycles. The summed E-state index contributed by atoms with van der Waals surface area (Å²) in [6, 6.07) is 0. The molecule has 0 saturated carbocycles. The minimum atomic E-state index is -0.977. The molecule has 1 rings (SSSR count). The molecule has 0 atom stereocenters. The van der Waals surface area contributed by atoms with E-state index >= 15 is 0 Å². The van der Waals surface area contributed by atoms with Crippen molar-refractivity contribution in [3.8, 4) is 5.75 Å². The number of aromatic nitrogens is 1. The first-order valence-corrected chi connectivity index (χ1v) is 11.6. The summed E-state index contributed by atoms with van der Waals surface area (Å²) in [5.74, 6) is -3.11. The molecule has 27 heavy (non-hydrogen) atoms. The third-order valence-electron chi connectivity index (χ3n) is 3.30. The second-order valence-electron chi connectivity index (χ2n) is 5.23. The zero-order valence-corrected chi connectivity index (χ0v) is 18.3. The van der Waals surface area contributed by atoms with E-state index in [0.29, 0.717) is 0 Å². The number of hydrogen-bond donors (Lipinski definition) is 1. The van der Waals surface area contributed by atoms with Crippen LogP contribution in [-0.2, 0) is 14.2 Å². The summed E-state index contributed by atoms with van der Waals surface area (Å²) in [6.07, 6.45) is 1.91. The summed E-state index contributed by atoms with van der Waals surface area (Å²) in [4.78, 5) is 41.5. The topological polar surface area (TPSA) is 112 Å². The summed E-state index contributed by atoms with van der Waals surface area (Å²) in [5, 5.41) is 10.6. The number of pyridine rings is 1. The molecular formula is C18H25NO7Te. The van der Waals surface area contributed by atoms with Crippen LogP contribution < -0.4 is 3.74 Å². The number of unbranched alkanes of at least 4 members (excludes halogenated alkanes) is 1. The molecule has 0 saturated heterocycles. The van der Waals surface area contributed by atoms with Crippen molar-refractivity contribution in [2.24, 2.45) is 0 Å². The Kier molecular flexibility index (Phi) is 10.1. The SMILES string of the molecule is CCCC[Te]c1nc(C(=O)OCC)c(C(=O)OCC)c(C(=O)OCC)c1O. The van der Waals surface area contributed by atoms with Gasteiger partial charge in [0.2, 0.25) is 0 Å². The van der Waals surface area contributed by atoms with Crippen molar-refractivity contribution < 1.29 is 33.7 Å². The molecule has 9 heteroatoms. The number of hydrogen-bond acceptors (Lipinski definition) is 8. The Balaban J connectivity index is 3.66. The van der Waals surface area contributed by atoms with Crippen molar-refractivity contribution in [3.05, 3.63) is 16.8 Å². The van der Waals surface area contributed by atoms with Crippen molar-refractivity contribution in [1.82, 2.24) is 4.98 Å². The molecule has 0 radical (unpaired) electrons. The molecule has 150 valence electrons. The molecule has 0 fully saturated rings. The number of ether oxygens (including phenoxy) is 3. The van der Waals surface area contributed by atoms with Gasteiger partial charge in [-0.2, -0.15) is 0 Å². The summed E-state index contributed by atoms with van der Waals surface area (Å²) in [5.41, 5.74) is -1.13.